The molecule has 1 aliphatic carbocycles. The molecule has 0 fully saturated rings. The molecule has 0 unspecified atom stereocenters. The van der Waals surface area contributed by atoms with Gasteiger partial charge in [-0.15, -0.1) is 0 Å². The van der Waals surface area contributed by atoms with Gasteiger partial charge in [-0.25, -0.2) is 0 Å². The molecular formula is C16H14BCl2. The minimum atomic E-state index is 0.686. The van der Waals surface area contributed by atoms with E-state index in [-0.39, 0.29) is 0 Å². The molecule has 0 atom stereocenters. The first kappa shape index (κ1) is 13.1. The van der Waals surface area contributed by atoms with E-state index in [0.29, 0.717) is 5.02 Å². The fourth-order valence-electron chi connectivity index (χ4n) is 2.63. The average Bonchev–Trinajstić information content (AvgIpc) is 2.85. The van der Waals surface area contributed by atoms with Crippen LogP contribution in [0.1, 0.15) is 23.1 Å². The molecule has 0 aromatic heterocycles. The van der Waals surface area contributed by atoms with Crippen LogP contribution in [0.15, 0.2) is 36.4 Å². The van der Waals surface area contributed by atoms with E-state index in [9.17, 15) is 0 Å². The van der Waals surface area contributed by atoms with Gasteiger partial charge in [-0.3, -0.25) is 0 Å². The van der Waals surface area contributed by atoms with Crippen LogP contribution in [-0.4, -0.2) is 7.28 Å². The zero-order valence-electron chi connectivity index (χ0n) is 10.6. The van der Waals surface area contributed by atoms with Gasteiger partial charge in [0.25, 0.3) is 0 Å². The number of hydrogen-bond donors (Lipinski definition) is 0. The lowest BCUT2D eigenvalue weighted by Gasteiger charge is -2.06. The SMILES string of the molecule is Clc1ccc(C[B]c2ccc3c(c2)CCC3)c(Cl)c1. The Labute approximate surface area is 125 Å². The third-order valence-electron chi connectivity index (χ3n) is 3.70. The predicted molar refractivity (Wildman–Crippen MR) is 84.0 cm³/mol. The van der Waals surface area contributed by atoms with E-state index >= 15 is 0 Å². The molecule has 19 heavy (non-hydrogen) atoms. The van der Waals surface area contributed by atoms with Gasteiger partial charge in [-0.1, -0.05) is 52.9 Å². The Morgan fingerprint density at radius 3 is 2.63 bits per heavy atom. The molecule has 0 spiro atoms. The van der Waals surface area contributed by atoms with Crippen molar-refractivity contribution >= 4 is 35.9 Å². The largest absolute Gasteiger partial charge is 0.156 e. The summed E-state index contributed by atoms with van der Waals surface area (Å²) in [7, 11) is 2.23. The smallest absolute Gasteiger partial charge is 0.0872 e. The van der Waals surface area contributed by atoms with Crippen molar-refractivity contribution in [1.29, 1.82) is 0 Å². The first-order valence-corrected chi connectivity index (χ1v) is 7.37. The zero-order valence-corrected chi connectivity index (χ0v) is 12.1. The summed E-state index contributed by atoms with van der Waals surface area (Å²) in [5, 5.41) is 1.43. The van der Waals surface area contributed by atoms with Gasteiger partial charge in [0, 0.05) is 10.0 Å². The molecule has 0 bridgehead atoms. The van der Waals surface area contributed by atoms with Gasteiger partial charge in [0.1, 0.15) is 0 Å². The molecule has 0 saturated carbocycles. The molecule has 0 aliphatic heterocycles. The van der Waals surface area contributed by atoms with Crippen LogP contribution in [0.2, 0.25) is 10.0 Å². The maximum Gasteiger partial charge on any atom is 0.156 e. The van der Waals surface area contributed by atoms with E-state index in [1.807, 2.05) is 12.1 Å². The fraction of sp³-hybridized carbons (Fsp3) is 0.250. The maximum absolute atomic E-state index is 6.19. The molecule has 0 amide bonds. The standard InChI is InChI=1S/C16H14BCl2/c18-15-7-5-13(16(19)9-15)10-17-14-6-4-11-2-1-3-12(11)8-14/h4-9H,1-3,10H2. The van der Waals surface area contributed by atoms with Crippen LogP contribution in [0, 0.1) is 0 Å². The van der Waals surface area contributed by atoms with E-state index < -0.39 is 0 Å². The summed E-state index contributed by atoms with van der Waals surface area (Å²) in [5.74, 6) is 0. The van der Waals surface area contributed by atoms with Crippen molar-refractivity contribution in [3.05, 3.63) is 63.1 Å². The second-order valence-electron chi connectivity index (χ2n) is 5.03. The summed E-state index contributed by atoms with van der Waals surface area (Å²) in [6.45, 7) is 0. The van der Waals surface area contributed by atoms with Crippen molar-refractivity contribution in [3.63, 3.8) is 0 Å². The molecule has 3 rings (SSSR count). The van der Waals surface area contributed by atoms with E-state index in [1.54, 1.807) is 6.07 Å². The van der Waals surface area contributed by atoms with E-state index in [4.69, 9.17) is 23.2 Å². The maximum atomic E-state index is 6.19. The molecule has 2 aromatic carbocycles. The molecule has 0 heterocycles. The lowest BCUT2D eigenvalue weighted by molar-refractivity contribution is 0.912. The van der Waals surface area contributed by atoms with Crippen molar-refractivity contribution in [1.82, 2.24) is 0 Å². The Hall–Kier alpha value is -0.915. The number of hydrogen-bond acceptors (Lipinski definition) is 0. The van der Waals surface area contributed by atoms with Crippen molar-refractivity contribution < 1.29 is 0 Å². The Morgan fingerprint density at radius 1 is 0.947 bits per heavy atom. The normalized spacial score (nSPS) is 13.4. The predicted octanol–water partition coefficient (Wildman–Crippen LogP) is 4.01. The Bertz CT molecular complexity index is 608. The summed E-state index contributed by atoms with van der Waals surface area (Å²) < 4.78 is 0. The van der Waals surface area contributed by atoms with Gasteiger partial charge in [-0.05, 0) is 54.4 Å². The lowest BCUT2D eigenvalue weighted by Crippen LogP contribution is -2.17. The summed E-state index contributed by atoms with van der Waals surface area (Å²) in [6, 6.07) is 12.5. The van der Waals surface area contributed by atoms with Crippen LogP contribution in [0.5, 0.6) is 0 Å². The lowest BCUT2D eigenvalue weighted by atomic mass is 9.65. The molecule has 1 radical (unpaired) electrons. The second kappa shape index (κ2) is 5.60. The van der Waals surface area contributed by atoms with Gasteiger partial charge < -0.3 is 0 Å². The van der Waals surface area contributed by atoms with Gasteiger partial charge in [-0.2, -0.15) is 0 Å². The molecular weight excluding hydrogens is 274 g/mol. The minimum Gasteiger partial charge on any atom is -0.0872 e. The quantitative estimate of drug-likeness (QED) is 0.748. The fourth-order valence-corrected chi connectivity index (χ4v) is 3.12. The van der Waals surface area contributed by atoms with Crippen molar-refractivity contribution in [2.24, 2.45) is 0 Å². The summed E-state index contributed by atoms with van der Waals surface area (Å²) in [6.07, 6.45) is 4.59. The Morgan fingerprint density at radius 2 is 1.79 bits per heavy atom. The van der Waals surface area contributed by atoms with E-state index in [0.717, 1.165) is 16.9 Å². The Kier molecular flexibility index (Phi) is 3.86. The van der Waals surface area contributed by atoms with Crippen LogP contribution in [-0.2, 0) is 19.2 Å². The molecule has 0 saturated heterocycles. The highest BCUT2D eigenvalue weighted by Crippen LogP contribution is 2.22. The van der Waals surface area contributed by atoms with Crippen LogP contribution in [0.25, 0.3) is 0 Å². The topological polar surface area (TPSA) is 0 Å². The van der Waals surface area contributed by atoms with Crippen molar-refractivity contribution in [2.75, 3.05) is 0 Å². The third kappa shape index (κ3) is 2.99. The van der Waals surface area contributed by atoms with E-state index in [1.165, 1.54) is 35.9 Å². The number of halogens is 2. The third-order valence-corrected chi connectivity index (χ3v) is 4.28. The second-order valence-corrected chi connectivity index (χ2v) is 5.87. The first-order valence-electron chi connectivity index (χ1n) is 6.61. The molecule has 2 aromatic rings. The highest BCUT2D eigenvalue weighted by atomic mass is 35.5. The summed E-state index contributed by atoms with van der Waals surface area (Å²) in [4.78, 5) is 0. The molecule has 3 heteroatoms. The summed E-state index contributed by atoms with van der Waals surface area (Å²) in [5.41, 5.74) is 5.43. The molecule has 0 N–H and O–H groups in total. The van der Waals surface area contributed by atoms with Gasteiger partial charge in [0.05, 0.1) is 0 Å². The van der Waals surface area contributed by atoms with Crippen LogP contribution in [0.3, 0.4) is 0 Å². The highest BCUT2D eigenvalue weighted by molar-refractivity contribution is 6.53. The number of rotatable bonds is 3. The molecule has 0 nitrogen and oxygen atoms in total. The Balaban J connectivity index is 1.72. The van der Waals surface area contributed by atoms with Gasteiger partial charge in [0.2, 0.25) is 0 Å². The zero-order chi connectivity index (χ0) is 13.2. The van der Waals surface area contributed by atoms with Crippen LogP contribution in [0.4, 0.5) is 0 Å². The average molecular weight is 288 g/mol. The van der Waals surface area contributed by atoms with E-state index in [2.05, 4.69) is 25.5 Å². The van der Waals surface area contributed by atoms with Crippen LogP contribution < -0.4 is 5.46 Å². The highest BCUT2D eigenvalue weighted by Gasteiger charge is 2.11. The number of fused-ring (bicyclic) bond motifs is 1. The van der Waals surface area contributed by atoms with Crippen LogP contribution >= 0.6 is 23.2 Å². The van der Waals surface area contributed by atoms with Gasteiger partial charge in [0.15, 0.2) is 7.28 Å². The van der Waals surface area contributed by atoms with Crippen molar-refractivity contribution in [2.45, 2.75) is 25.6 Å². The monoisotopic (exact) mass is 287 g/mol. The summed E-state index contributed by atoms with van der Waals surface area (Å²) >= 11 is 12.1. The molecule has 1 aliphatic rings. The van der Waals surface area contributed by atoms with Gasteiger partial charge >= 0.3 is 0 Å². The first-order chi connectivity index (χ1) is 9.22. The minimum absolute atomic E-state index is 0.686. The number of aryl methyl sites for hydroxylation is 2. The number of benzene rings is 2. The molecule has 95 valence electrons. The van der Waals surface area contributed by atoms with Crippen molar-refractivity contribution in [3.8, 4) is 0 Å².